The van der Waals surface area contributed by atoms with Gasteiger partial charge in [0.25, 0.3) is 0 Å². The first-order valence-electron chi connectivity index (χ1n) is 3.49. The van der Waals surface area contributed by atoms with Crippen molar-refractivity contribution in [3.05, 3.63) is 12.3 Å². The first-order valence-corrected chi connectivity index (χ1v) is 3.49. The molecule has 0 spiro atoms. The Kier molecular flexibility index (Phi) is 2.25. The number of carbonyl (C=O) groups is 1. The zero-order chi connectivity index (χ0) is 8.27. The molecule has 60 valence electrons. The van der Waals surface area contributed by atoms with E-state index >= 15 is 0 Å². The monoisotopic (exact) mass is 153 g/mol. The minimum Gasteiger partial charge on any atom is -0.314 e. The minimum absolute atomic E-state index is 0.271. The molecule has 1 heterocycles. The number of carbonyl (C=O) groups excluding carboxylic acids is 1. The van der Waals surface area contributed by atoms with Crippen LogP contribution in [0.1, 0.15) is 19.9 Å². The lowest BCUT2D eigenvalue weighted by Crippen LogP contribution is -2.08. The van der Waals surface area contributed by atoms with Crippen molar-refractivity contribution in [3.63, 3.8) is 0 Å². The second-order valence-electron chi connectivity index (χ2n) is 2.52. The first-order chi connectivity index (χ1) is 5.25. The van der Waals surface area contributed by atoms with Crippen molar-refractivity contribution >= 4 is 12.2 Å². The molecule has 4 nitrogen and oxygen atoms in total. The average molecular weight is 153 g/mol. The summed E-state index contributed by atoms with van der Waals surface area (Å²) >= 11 is 0. The molecule has 0 bridgehead atoms. The maximum absolute atomic E-state index is 10.1. The molecule has 0 aliphatic heterocycles. The average Bonchev–Trinajstić information content (AvgIpc) is 2.36. The van der Waals surface area contributed by atoms with Crippen LogP contribution in [0.5, 0.6) is 0 Å². The Morgan fingerprint density at radius 3 is 3.00 bits per heavy atom. The fraction of sp³-hybridized carbons (Fsp3) is 0.429. The fourth-order valence-electron chi connectivity index (χ4n) is 0.900. The van der Waals surface area contributed by atoms with Crippen LogP contribution < -0.4 is 5.32 Å². The van der Waals surface area contributed by atoms with Gasteiger partial charge in [-0.3, -0.25) is 4.79 Å². The quantitative estimate of drug-likeness (QED) is 0.659. The molecule has 4 heteroatoms. The van der Waals surface area contributed by atoms with Gasteiger partial charge in [-0.25, -0.2) is 4.68 Å². The molecular formula is C7H11N3O. The highest BCUT2D eigenvalue weighted by atomic mass is 16.1. The van der Waals surface area contributed by atoms with E-state index in [2.05, 4.69) is 10.4 Å². The van der Waals surface area contributed by atoms with E-state index in [4.69, 9.17) is 0 Å². The summed E-state index contributed by atoms with van der Waals surface area (Å²) in [6.07, 6.45) is 2.31. The Morgan fingerprint density at radius 2 is 2.45 bits per heavy atom. The van der Waals surface area contributed by atoms with Crippen molar-refractivity contribution in [2.75, 3.05) is 5.32 Å². The van der Waals surface area contributed by atoms with Gasteiger partial charge in [0.2, 0.25) is 6.41 Å². The van der Waals surface area contributed by atoms with Gasteiger partial charge in [0.1, 0.15) is 5.82 Å². The summed E-state index contributed by atoms with van der Waals surface area (Å²) in [6, 6.07) is 2.03. The largest absolute Gasteiger partial charge is 0.314 e. The van der Waals surface area contributed by atoms with Gasteiger partial charge in [-0.05, 0) is 13.8 Å². The standard InChI is InChI=1S/C7H11N3O/c1-6(2)10-7(8-5-11)3-4-9-10/h3-6H,1-2H3,(H,8,11). The Hall–Kier alpha value is -1.32. The van der Waals surface area contributed by atoms with Crippen LogP contribution in [0.3, 0.4) is 0 Å². The summed E-state index contributed by atoms with van der Waals surface area (Å²) in [7, 11) is 0. The Balaban J connectivity index is 2.86. The normalized spacial score (nSPS) is 10.1. The van der Waals surface area contributed by atoms with E-state index in [1.807, 2.05) is 13.8 Å². The lowest BCUT2D eigenvalue weighted by atomic mass is 10.4. The summed E-state index contributed by atoms with van der Waals surface area (Å²) in [5, 5.41) is 6.59. The number of nitrogens with one attached hydrogen (secondary N) is 1. The lowest BCUT2D eigenvalue weighted by Gasteiger charge is -2.08. The molecule has 0 aliphatic carbocycles. The molecule has 1 aromatic rings. The first kappa shape index (κ1) is 7.78. The molecule has 0 atom stereocenters. The summed E-state index contributed by atoms with van der Waals surface area (Å²) in [4.78, 5) is 10.1. The summed E-state index contributed by atoms with van der Waals surface area (Å²) in [5.74, 6) is 0.731. The van der Waals surface area contributed by atoms with E-state index in [1.165, 1.54) is 0 Å². The highest BCUT2D eigenvalue weighted by Gasteiger charge is 2.02. The van der Waals surface area contributed by atoms with Crippen LogP contribution in [0.25, 0.3) is 0 Å². The number of hydrogen-bond donors (Lipinski definition) is 1. The molecule has 11 heavy (non-hydrogen) atoms. The zero-order valence-corrected chi connectivity index (χ0v) is 6.61. The number of amides is 1. The maximum Gasteiger partial charge on any atom is 0.212 e. The van der Waals surface area contributed by atoms with E-state index in [9.17, 15) is 4.79 Å². The molecule has 0 radical (unpaired) electrons. The predicted molar refractivity (Wildman–Crippen MR) is 42.3 cm³/mol. The SMILES string of the molecule is CC(C)n1nccc1NC=O. The predicted octanol–water partition coefficient (Wildman–Crippen LogP) is 1.03. The number of hydrogen-bond acceptors (Lipinski definition) is 2. The highest BCUT2D eigenvalue weighted by molar-refractivity contribution is 5.68. The van der Waals surface area contributed by atoms with Gasteiger partial charge in [-0.1, -0.05) is 0 Å². The number of nitrogens with zero attached hydrogens (tertiary/aromatic N) is 2. The molecule has 0 aliphatic rings. The molecule has 0 fully saturated rings. The van der Waals surface area contributed by atoms with Gasteiger partial charge >= 0.3 is 0 Å². The second kappa shape index (κ2) is 3.18. The minimum atomic E-state index is 0.271. The van der Waals surface area contributed by atoms with Gasteiger partial charge in [-0.2, -0.15) is 5.10 Å². The molecule has 0 saturated heterocycles. The van der Waals surface area contributed by atoms with Gasteiger partial charge in [0.15, 0.2) is 0 Å². The van der Waals surface area contributed by atoms with Crippen LogP contribution in [0.15, 0.2) is 12.3 Å². The zero-order valence-electron chi connectivity index (χ0n) is 6.61. The third-order valence-corrected chi connectivity index (χ3v) is 1.37. The number of aromatic nitrogens is 2. The molecular weight excluding hydrogens is 142 g/mol. The second-order valence-corrected chi connectivity index (χ2v) is 2.52. The Morgan fingerprint density at radius 1 is 1.73 bits per heavy atom. The Bertz CT molecular complexity index is 242. The number of rotatable bonds is 3. The van der Waals surface area contributed by atoms with E-state index < -0.39 is 0 Å². The summed E-state index contributed by atoms with van der Waals surface area (Å²) in [6.45, 7) is 4.01. The van der Waals surface area contributed by atoms with Gasteiger partial charge in [0, 0.05) is 12.1 Å². The van der Waals surface area contributed by atoms with E-state index in [0.29, 0.717) is 6.41 Å². The maximum atomic E-state index is 10.1. The van der Waals surface area contributed by atoms with Gasteiger partial charge < -0.3 is 5.32 Å². The highest BCUT2D eigenvalue weighted by Crippen LogP contribution is 2.11. The van der Waals surface area contributed by atoms with Crippen molar-refractivity contribution in [2.45, 2.75) is 19.9 Å². The van der Waals surface area contributed by atoms with Gasteiger partial charge in [-0.15, -0.1) is 0 Å². The molecule has 0 saturated carbocycles. The third kappa shape index (κ3) is 1.58. The van der Waals surface area contributed by atoms with Crippen LogP contribution >= 0.6 is 0 Å². The van der Waals surface area contributed by atoms with Crippen molar-refractivity contribution in [3.8, 4) is 0 Å². The molecule has 1 N–H and O–H groups in total. The molecule has 0 aromatic carbocycles. The van der Waals surface area contributed by atoms with Crippen molar-refractivity contribution in [1.29, 1.82) is 0 Å². The van der Waals surface area contributed by atoms with Gasteiger partial charge in [0.05, 0.1) is 6.20 Å². The fourth-order valence-corrected chi connectivity index (χ4v) is 0.900. The summed E-state index contributed by atoms with van der Waals surface area (Å²) < 4.78 is 1.74. The third-order valence-electron chi connectivity index (χ3n) is 1.37. The van der Waals surface area contributed by atoms with E-state index in [0.717, 1.165) is 5.82 Å². The Labute approximate surface area is 65.2 Å². The smallest absolute Gasteiger partial charge is 0.212 e. The topological polar surface area (TPSA) is 46.9 Å². The number of anilines is 1. The molecule has 1 rings (SSSR count). The van der Waals surface area contributed by atoms with Crippen molar-refractivity contribution in [2.24, 2.45) is 0 Å². The van der Waals surface area contributed by atoms with Crippen LogP contribution in [0.2, 0.25) is 0 Å². The van der Waals surface area contributed by atoms with Crippen LogP contribution in [0.4, 0.5) is 5.82 Å². The van der Waals surface area contributed by atoms with E-state index in [1.54, 1.807) is 16.9 Å². The van der Waals surface area contributed by atoms with Crippen LogP contribution in [-0.4, -0.2) is 16.2 Å². The van der Waals surface area contributed by atoms with Crippen molar-refractivity contribution < 1.29 is 4.79 Å². The van der Waals surface area contributed by atoms with E-state index in [-0.39, 0.29) is 6.04 Å². The molecule has 0 unspecified atom stereocenters. The lowest BCUT2D eigenvalue weighted by molar-refractivity contribution is -0.105. The summed E-state index contributed by atoms with van der Waals surface area (Å²) in [5.41, 5.74) is 0. The molecule has 1 amide bonds. The van der Waals surface area contributed by atoms with Crippen LogP contribution in [0, 0.1) is 0 Å². The van der Waals surface area contributed by atoms with Crippen LogP contribution in [-0.2, 0) is 4.79 Å². The van der Waals surface area contributed by atoms with Crippen molar-refractivity contribution in [1.82, 2.24) is 9.78 Å². The molecule has 1 aromatic heterocycles.